The average Bonchev–Trinajstić information content (AvgIpc) is 0.698. The Bertz CT molecular complexity index is 5910. The zero-order valence-corrected chi connectivity index (χ0v) is 57.9. The largest absolute Gasteiger partial charge is 0.311 e. The van der Waals surface area contributed by atoms with Crippen molar-refractivity contribution in [1.29, 1.82) is 0 Å². The van der Waals surface area contributed by atoms with Gasteiger partial charge in [0.25, 0.3) is 6.71 Å². The highest BCUT2D eigenvalue weighted by atomic mass is 15.2. The minimum absolute atomic E-state index is 0.00509. The van der Waals surface area contributed by atoms with Gasteiger partial charge in [0.1, 0.15) is 0 Å². The zero-order valence-electron chi connectivity index (χ0n) is 57.9. The smallest absolute Gasteiger partial charge is 0.252 e. The maximum Gasteiger partial charge on any atom is 0.252 e. The zero-order chi connectivity index (χ0) is 69.5. The fourth-order valence-corrected chi connectivity index (χ4v) is 15.7. The number of nitrogens with zero attached hydrogens (tertiary/aromatic N) is 5. The predicted octanol–water partition coefficient (Wildman–Crippen LogP) is 25.3. The van der Waals surface area contributed by atoms with Gasteiger partial charge in [-0.1, -0.05) is 272 Å². The van der Waals surface area contributed by atoms with Gasteiger partial charge in [0.2, 0.25) is 0 Å². The fourth-order valence-electron chi connectivity index (χ4n) is 15.7. The van der Waals surface area contributed by atoms with Crippen molar-refractivity contribution < 1.29 is 0 Å². The third-order valence-electron chi connectivity index (χ3n) is 20.5. The van der Waals surface area contributed by atoms with Gasteiger partial charge in [-0.05, 0) is 214 Å². The summed E-state index contributed by atoms with van der Waals surface area (Å²) in [4.78, 5) is 12.1. The van der Waals surface area contributed by atoms with Crippen LogP contribution in [0.1, 0.15) is 11.1 Å². The van der Waals surface area contributed by atoms with Crippen molar-refractivity contribution in [3.05, 3.63) is 412 Å². The molecule has 0 atom stereocenters. The van der Waals surface area contributed by atoms with E-state index in [2.05, 4.69) is 439 Å². The maximum atomic E-state index is 2.50. The molecule has 0 fully saturated rings. The summed E-state index contributed by atoms with van der Waals surface area (Å²) in [5.41, 5.74) is 28.3. The molecule has 0 spiro atoms. The minimum Gasteiger partial charge on any atom is -0.311 e. The monoisotopic (exact) mass is 1330 g/mol. The molecule has 2 aliphatic heterocycles. The van der Waals surface area contributed by atoms with Crippen LogP contribution in [-0.4, -0.2) is 6.71 Å². The van der Waals surface area contributed by atoms with Crippen LogP contribution in [-0.2, 0) is 0 Å². The van der Waals surface area contributed by atoms with Crippen LogP contribution in [0.3, 0.4) is 0 Å². The van der Waals surface area contributed by atoms with Crippen LogP contribution in [0.4, 0.5) is 85.3 Å². The third-order valence-corrected chi connectivity index (χ3v) is 20.5. The second kappa shape index (κ2) is 27.3. The van der Waals surface area contributed by atoms with Crippen LogP contribution in [0, 0.1) is 13.8 Å². The van der Waals surface area contributed by atoms with Crippen LogP contribution < -0.4 is 40.9 Å². The molecular weight excluding hydrogens is 1260 g/mol. The van der Waals surface area contributed by atoms with Gasteiger partial charge >= 0.3 is 0 Å². The first-order chi connectivity index (χ1) is 51.5. The molecule has 2 aliphatic rings. The summed E-state index contributed by atoms with van der Waals surface area (Å²) in [5, 5.41) is 7.39. The second-order valence-electron chi connectivity index (χ2n) is 26.9. The number of fused-ring (bicyclic) bond motifs is 9. The van der Waals surface area contributed by atoms with Crippen molar-refractivity contribution >= 4 is 141 Å². The average molecular weight is 1330 g/mol. The van der Waals surface area contributed by atoms with Crippen LogP contribution in [0.5, 0.6) is 0 Å². The Balaban J connectivity index is 0.000000152. The Morgan fingerprint density at radius 2 is 0.577 bits per heavy atom. The number of rotatable bonds is 13. The molecule has 17 aromatic rings. The second-order valence-corrected chi connectivity index (χ2v) is 26.9. The molecule has 0 saturated heterocycles. The Hall–Kier alpha value is -13.4. The van der Waals surface area contributed by atoms with E-state index in [0.29, 0.717) is 0 Å². The molecule has 0 saturated carbocycles. The first-order valence-corrected chi connectivity index (χ1v) is 35.8. The molecule has 5 nitrogen and oxygen atoms in total. The lowest BCUT2D eigenvalue weighted by Gasteiger charge is -2.44. The van der Waals surface area contributed by atoms with Crippen LogP contribution in [0.15, 0.2) is 400 Å². The number of para-hydroxylation sites is 5. The number of benzene rings is 17. The van der Waals surface area contributed by atoms with Crippen molar-refractivity contribution in [2.45, 2.75) is 13.8 Å². The molecule has 0 unspecified atom stereocenters. The first-order valence-electron chi connectivity index (χ1n) is 35.8. The third kappa shape index (κ3) is 11.5. The summed E-state index contributed by atoms with van der Waals surface area (Å²) in [7, 11) is 0. The van der Waals surface area contributed by atoms with E-state index in [1.807, 2.05) is 0 Å². The van der Waals surface area contributed by atoms with E-state index >= 15 is 0 Å². The van der Waals surface area contributed by atoms with E-state index in [0.717, 1.165) is 62.6 Å². The van der Waals surface area contributed by atoms with E-state index < -0.39 is 0 Å². The van der Waals surface area contributed by atoms with Crippen molar-refractivity contribution in [2.24, 2.45) is 0 Å². The summed E-state index contributed by atoms with van der Waals surface area (Å²) in [5.74, 6) is 0. The standard InChI is InChI=1S/C54H38BN3.C44H34N2/c1-6-18-39(19-7-1)41-22-16-29-46(36-41)58-51-31-17-30-50-54(51)55(48-34-32-42(37-52(48)58)40-20-8-2-9-21-40)49-35-33-47(38-53(49)57(50)45-27-14-5-15-28-45)56(43-23-10-3-11-24-43)44-25-12-4-13-26-44;1-31-20-24-35(25-21-31)45(33-12-5-3-6-13-33)43-19-11-18-38-41(43)29-28-39-37-16-9-10-17-40(37)44(30-42(38)39)46(34-14-7-4-8-15-34)36-26-22-32(2)23-27-36/h1-38H;3-30H,1-2H3. The van der Waals surface area contributed by atoms with Crippen molar-refractivity contribution in [2.75, 3.05) is 24.5 Å². The van der Waals surface area contributed by atoms with Crippen LogP contribution in [0.25, 0.3) is 54.6 Å². The SMILES string of the molecule is Cc1ccc(N(c2ccccc2)c2cc3c4cccc(N(c5ccccc5)c5ccc(C)cc5)c4ccc3c3ccccc23)cc1.c1ccc(-c2cccc(N3c4cc(-c5ccccc5)ccc4B4c5ccc(N(c6ccccc6)c6ccccc6)cc5N(c5ccccc5)c5cccc3c54)c2)cc1. The molecule has 0 aromatic heterocycles. The molecule has 17 aromatic carbocycles. The summed E-state index contributed by atoms with van der Waals surface area (Å²) in [6, 6.07) is 145. The maximum absolute atomic E-state index is 2.50. The number of hydrogen-bond acceptors (Lipinski definition) is 5. The molecule has 19 rings (SSSR count). The Morgan fingerprint density at radius 1 is 0.212 bits per heavy atom. The molecule has 0 aliphatic carbocycles. The van der Waals surface area contributed by atoms with Gasteiger partial charge in [0.05, 0.1) is 11.4 Å². The van der Waals surface area contributed by atoms with Crippen molar-refractivity contribution in [3.8, 4) is 22.3 Å². The molecule has 104 heavy (non-hydrogen) atoms. The Kier molecular flexibility index (Phi) is 16.5. The van der Waals surface area contributed by atoms with Gasteiger partial charge in [-0.15, -0.1) is 0 Å². The van der Waals surface area contributed by atoms with E-state index in [9.17, 15) is 0 Å². The summed E-state index contributed by atoms with van der Waals surface area (Å²) >= 11 is 0. The molecule has 492 valence electrons. The highest BCUT2D eigenvalue weighted by molar-refractivity contribution is 7.00. The number of hydrogen-bond donors (Lipinski definition) is 0. The van der Waals surface area contributed by atoms with Gasteiger partial charge in [-0.3, -0.25) is 0 Å². The summed E-state index contributed by atoms with van der Waals surface area (Å²) in [6.45, 7) is 4.28. The molecule has 0 amide bonds. The minimum atomic E-state index is 0.00509. The normalized spacial score (nSPS) is 11.9. The molecule has 6 heteroatoms. The molecular formula is C98H72BN5. The highest BCUT2D eigenvalue weighted by Gasteiger charge is 2.44. The van der Waals surface area contributed by atoms with E-state index in [1.165, 1.54) is 105 Å². The first kappa shape index (κ1) is 62.8. The Labute approximate surface area is 609 Å². The van der Waals surface area contributed by atoms with E-state index in [-0.39, 0.29) is 6.71 Å². The van der Waals surface area contributed by atoms with Crippen molar-refractivity contribution in [3.63, 3.8) is 0 Å². The molecule has 2 heterocycles. The van der Waals surface area contributed by atoms with Crippen molar-refractivity contribution in [1.82, 2.24) is 0 Å². The van der Waals surface area contributed by atoms with Gasteiger partial charge in [-0.2, -0.15) is 0 Å². The number of aryl methyl sites for hydroxylation is 2. The highest BCUT2D eigenvalue weighted by Crippen LogP contribution is 2.50. The summed E-state index contributed by atoms with van der Waals surface area (Å²) < 4.78 is 0. The molecule has 0 N–H and O–H groups in total. The van der Waals surface area contributed by atoms with Crippen LogP contribution in [0.2, 0.25) is 0 Å². The van der Waals surface area contributed by atoms with Gasteiger partial charge in [-0.25, -0.2) is 0 Å². The topological polar surface area (TPSA) is 16.2 Å². The van der Waals surface area contributed by atoms with Crippen LogP contribution >= 0.6 is 0 Å². The van der Waals surface area contributed by atoms with E-state index in [4.69, 9.17) is 0 Å². The van der Waals surface area contributed by atoms with Gasteiger partial charge < -0.3 is 24.5 Å². The fraction of sp³-hybridized carbons (Fsp3) is 0.0204. The lowest BCUT2D eigenvalue weighted by atomic mass is 9.33. The lowest BCUT2D eigenvalue weighted by Crippen LogP contribution is -2.61. The summed E-state index contributed by atoms with van der Waals surface area (Å²) in [6.07, 6.45) is 0. The van der Waals surface area contributed by atoms with E-state index in [1.54, 1.807) is 0 Å². The lowest BCUT2D eigenvalue weighted by molar-refractivity contribution is 1.24. The molecule has 0 bridgehead atoms. The van der Waals surface area contributed by atoms with Gasteiger partial charge in [0.15, 0.2) is 0 Å². The predicted molar refractivity (Wildman–Crippen MR) is 444 cm³/mol. The molecule has 0 radical (unpaired) electrons. The number of anilines is 15. The Morgan fingerprint density at radius 3 is 1.14 bits per heavy atom. The van der Waals surface area contributed by atoms with Gasteiger partial charge in [0, 0.05) is 84.7 Å². The quantitative estimate of drug-likeness (QED) is 0.0842.